The molecule has 7 heteroatoms. The quantitative estimate of drug-likeness (QED) is 0.831. The molecule has 2 amide bonds. The van der Waals surface area contributed by atoms with E-state index >= 15 is 0 Å². The maximum Gasteiger partial charge on any atom is 0.337 e. The van der Waals surface area contributed by atoms with E-state index in [-0.39, 0.29) is 6.03 Å². The summed E-state index contributed by atoms with van der Waals surface area (Å²) in [4.78, 5) is 26.2. The van der Waals surface area contributed by atoms with Crippen molar-refractivity contribution in [1.29, 1.82) is 0 Å². The van der Waals surface area contributed by atoms with Crippen molar-refractivity contribution in [2.45, 2.75) is 26.3 Å². The van der Waals surface area contributed by atoms with E-state index in [9.17, 15) is 9.59 Å². The van der Waals surface area contributed by atoms with Crippen molar-refractivity contribution >= 4 is 35.2 Å². The van der Waals surface area contributed by atoms with E-state index in [1.807, 2.05) is 6.92 Å². The van der Waals surface area contributed by atoms with Gasteiger partial charge in [0, 0.05) is 12.2 Å². The lowest BCUT2D eigenvalue weighted by molar-refractivity contribution is -0.136. The van der Waals surface area contributed by atoms with Gasteiger partial charge in [-0.1, -0.05) is 42.3 Å². The molecule has 0 saturated carbocycles. The second-order valence-corrected chi connectivity index (χ2v) is 5.95. The van der Waals surface area contributed by atoms with Crippen LogP contribution in [-0.4, -0.2) is 30.6 Å². The average Bonchev–Trinajstić information content (AvgIpc) is 2.53. The van der Waals surface area contributed by atoms with Gasteiger partial charge in [0.25, 0.3) is 0 Å². The normalized spacial score (nSPS) is 18.0. The highest BCUT2D eigenvalue weighted by Gasteiger charge is 2.36. The number of ether oxygens (including phenoxy) is 1. The molecule has 0 unspecified atom stereocenters. The summed E-state index contributed by atoms with van der Waals surface area (Å²) in [5.74, 6) is -0.510. The molecule has 2 rings (SSSR count). The Morgan fingerprint density at radius 1 is 1.39 bits per heavy atom. The molecule has 0 spiro atoms. The number of nitrogens with one attached hydrogen (secondary N) is 1. The Morgan fingerprint density at radius 3 is 2.70 bits per heavy atom. The molecule has 23 heavy (non-hydrogen) atoms. The van der Waals surface area contributed by atoms with Crippen LogP contribution in [0, 0.1) is 0 Å². The molecule has 0 radical (unpaired) electrons. The third-order valence-corrected chi connectivity index (χ3v) is 4.57. The first-order valence-electron chi connectivity index (χ1n) is 7.23. The molecule has 0 saturated heterocycles. The Bertz CT molecular complexity index is 673. The topological polar surface area (TPSA) is 58.6 Å². The van der Waals surface area contributed by atoms with Crippen molar-refractivity contribution in [3.8, 4) is 0 Å². The lowest BCUT2D eigenvalue weighted by Gasteiger charge is -2.35. The summed E-state index contributed by atoms with van der Waals surface area (Å²) in [5, 5.41) is 3.48. The number of allylic oxidation sites excluding steroid dienone is 1. The lowest BCUT2D eigenvalue weighted by Crippen LogP contribution is -2.48. The van der Waals surface area contributed by atoms with Gasteiger partial charge in [0.1, 0.15) is 0 Å². The smallest absolute Gasteiger partial charge is 0.337 e. The molecule has 5 nitrogen and oxygen atoms in total. The minimum atomic E-state index is -0.700. The molecule has 1 aliphatic heterocycles. The lowest BCUT2D eigenvalue weighted by atomic mass is 9.94. The Balaban J connectivity index is 2.60. The number of urea groups is 1. The van der Waals surface area contributed by atoms with E-state index < -0.39 is 12.0 Å². The van der Waals surface area contributed by atoms with Gasteiger partial charge in [-0.05, 0) is 25.0 Å². The fourth-order valence-corrected chi connectivity index (χ4v) is 3.04. The third kappa shape index (κ3) is 3.31. The summed E-state index contributed by atoms with van der Waals surface area (Å²) < 4.78 is 4.89. The monoisotopic (exact) mass is 356 g/mol. The van der Waals surface area contributed by atoms with Crippen molar-refractivity contribution in [1.82, 2.24) is 10.2 Å². The molecule has 1 aromatic carbocycles. The molecule has 0 aliphatic carbocycles. The molecule has 124 valence electrons. The number of hydrogen-bond acceptors (Lipinski definition) is 3. The molecule has 0 bridgehead atoms. The van der Waals surface area contributed by atoms with E-state index in [2.05, 4.69) is 5.32 Å². The van der Waals surface area contributed by atoms with Gasteiger partial charge in [-0.3, -0.25) is 4.90 Å². The zero-order valence-corrected chi connectivity index (χ0v) is 14.7. The molecule has 1 heterocycles. The first-order chi connectivity index (χ1) is 10.9. The first-order valence-corrected chi connectivity index (χ1v) is 7.99. The van der Waals surface area contributed by atoms with Crippen molar-refractivity contribution in [2.75, 3.05) is 13.7 Å². The van der Waals surface area contributed by atoms with Crippen LogP contribution in [-0.2, 0) is 9.53 Å². The summed E-state index contributed by atoms with van der Waals surface area (Å²) in [5.41, 5.74) is 1.47. The van der Waals surface area contributed by atoms with E-state index in [0.29, 0.717) is 33.4 Å². The zero-order valence-electron chi connectivity index (χ0n) is 13.2. The molecule has 0 aromatic heterocycles. The second kappa shape index (κ2) is 7.23. The van der Waals surface area contributed by atoms with Gasteiger partial charge in [0.15, 0.2) is 0 Å². The zero-order chi connectivity index (χ0) is 17.1. The van der Waals surface area contributed by atoms with E-state index in [4.69, 9.17) is 27.9 Å². The average molecular weight is 357 g/mol. The number of hydrogen-bond donors (Lipinski definition) is 1. The van der Waals surface area contributed by atoms with Crippen LogP contribution in [0.3, 0.4) is 0 Å². The first kappa shape index (κ1) is 17.6. The van der Waals surface area contributed by atoms with Crippen molar-refractivity contribution < 1.29 is 14.3 Å². The number of nitrogens with zero attached hydrogens (tertiary/aromatic N) is 1. The summed E-state index contributed by atoms with van der Waals surface area (Å²) in [6, 6.07) is 4.12. The minimum Gasteiger partial charge on any atom is -0.466 e. The Morgan fingerprint density at radius 2 is 2.09 bits per heavy atom. The molecule has 0 fully saturated rings. The van der Waals surface area contributed by atoms with E-state index in [0.717, 1.165) is 6.42 Å². The van der Waals surface area contributed by atoms with Crippen LogP contribution in [0.25, 0.3) is 0 Å². The number of carbonyl (C=O) groups is 2. The molecule has 1 aromatic rings. The van der Waals surface area contributed by atoms with Crippen LogP contribution in [0.5, 0.6) is 0 Å². The van der Waals surface area contributed by atoms with Crippen LogP contribution >= 0.6 is 23.2 Å². The van der Waals surface area contributed by atoms with Crippen LogP contribution in [0.2, 0.25) is 10.0 Å². The van der Waals surface area contributed by atoms with Crippen LogP contribution < -0.4 is 5.32 Å². The molecular weight excluding hydrogens is 339 g/mol. The van der Waals surface area contributed by atoms with Gasteiger partial charge >= 0.3 is 12.0 Å². The van der Waals surface area contributed by atoms with Crippen LogP contribution in [0.15, 0.2) is 29.5 Å². The number of amides is 2. The largest absolute Gasteiger partial charge is 0.466 e. The Labute approximate surface area is 145 Å². The number of carbonyl (C=O) groups excluding carboxylic acids is 2. The summed E-state index contributed by atoms with van der Waals surface area (Å²) in [6.07, 6.45) is 0.766. The van der Waals surface area contributed by atoms with Crippen LogP contribution in [0.4, 0.5) is 4.79 Å². The highest BCUT2D eigenvalue weighted by Crippen LogP contribution is 2.37. The Kier molecular flexibility index (Phi) is 5.55. The number of benzene rings is 1. The molecule has 1 aliphatic rings. The summed E-state index contributed by atoms with van der Waals surface area (Å²) in [7, 11) is 1.31. The number of esters is 1. The van der Waals surface area contributed by atoms with E-state index in [1.165, 1.54) is 12.0 Å². The number of halogens is 2. The van der Waals surface area contributed by atoms with Gasteiger partial charge in [0.05, 0.1) is 28.8 Å². The highest BCUT2D eigenvalue weighted by molar-refractivity contribution is 6.42. The van der Waals surface area contributed by atoms with E-state index in [1.54, 1.807) is 25.1 Å². The van der Waals surface area contributed by atoms with Gasteiger partial charge < -0.3 is 10.1 Å². The third-order valence-electron chi connectivity index (χ3n) is 3.74. The standard InChI is InChI=1S/C16H18Cl2N2O3/c1-4-8-20-9(2)12(15(21)23-3)14(19-16(20)22)10-6-5-7-11(17)13(10)18/h5-7,14H,4,8H2,1-3H3,(H,19,22)/t14-/m0/s1. The van der Waals surface area contributed by atoms with Gasteiger partial charge in [-0.15, -0.1) is 0 Å². The molecule has 1 N–H and O–H groups in total. The number of rotatable bonds is 4. The predicted molar refractivity (Wildman–Crippen MR) is 89.4 cm³/mol. The fraction of sp³-hybridized carbons (Fsp3) is 0.375. The SMILES string of the molecule is CCCN1C(=O)N[C@@H](c2cccc(Cl)c2Cl)C(C(=O)OC)=C1C. The predicted octanol–water partition coefficient (Wildman–Crippen LogP) is 3.92. The van der Waals surface area contributed by atoms with Crippen molar-refractivity contribution in [3.05, 3.63) is 45.1 Å². The van der Waals surface area contributed by atoms with Crippen molar-refractivity contribution in [2.24, 2.45) is 0 Å². The fourth-order valence-electron chi connectivity index (χ4n) is 2.63. The molecule has 1 atom stereocenters. The van der Waals surface area contributed by atoms with Crippen molar-refractivity contribution in [3.63, 3.8) is 0 Å². The van der Waals surface area contributed by atoms with Gasteiger partial charge in [-0.2, -0.15) is 0 Å². The minimum absolute atomic E-state index is 0.280. The summed E-state index contributed by atoms with van der Waals surface area (Å²) in [6.45, 7) is 4.19. The van der Waals surface area contributed by atoms with Crippen LogP contribution in [0.1, 0.15) is 31.9 Å². The van der Waals surface area contributed by atoms with Gasteiger partial charge in [0.2, 0.25) is 0 Å². The maximum atomic E-state index is 12.4. The number of methoxy groups -OCH3 is 1. The molecular formula is C16H18Cl2N2O3. The summed E-state index contributed by atoms with van der Waals surface area (Å²) >= 11 is 12.3. The second-order valence-electron chi connectivity index (χ2n) is 5.17. The van der Waals surface area contributed by atoms with Gasteiger partial charge in [-0.25, -0.2) is 9.59 Å². The maximum absolute atomic E-state index is 12.4. The Hall–Kier alpha value is -1.72. The highest BCUT2D eigenvalue weighted by atomic mass is 35.5.